The van der Waals surface area contributed by atoms with Crippen molar-refractivity contribution >= 4 is 17.8 Å². The summed E-state index contributed by atoms with van der Waals surface area (Å²) in [7, 11) is 0. The summed E-state index contributed by atoms with van der Waals surface area (Å²) in [5.41, 5.74) is -2.65. The molecule has 0 aliphatic carbocycles. The van der Waals surface area contributed by atoms with Gasteiger partial charge in [0.25, 0.3) is 0 Å². The molecule has 1 N–H and O–H groups in total. The van der Waals surface area contributed by atoms with Crippen LogP contribution in [0.25, 0.3) is 0 Å². The second kappa shape index (κ2) is 11.1. The van der Waals surface area contributed by atoms with E-state index in [2.05, 4.69) is 13.2 Å². The summed E-state index contributed by atoms with van der Waals surface area (Å²) in [6.07, 6.45) is 6.39. The van der Waals surface area contributed by atoms with Gasteiger partial charge in [-0.25, -0.2) is 0 Å². The SMILES string of the molecule is C=CCCCCOC(=O)[C@@H]1[C@H]2C(=O)N([C@@H](CO)C(C)C)C(C(=O)N(CC=C)C(C)(C)C)C23CC(C)[C@@]1(C)O3. The Morgan fingerprint density at radius 2 is 1.92 bits per heavy atom. The van der Waals surface area contributed by atoms with E-state index in [1.54, 1.807) is 15.9 Å². The number of hydrogen-bond donors (Lipinski definition) is 1. The van der Waals surface area contributed by atoms with E-state index in [9.17, 15) is 19.5 Å². The van der Waals surface area contributed by atoms with Gasteiger partial charge in [-0.05, 0) is 65.2 Å². The van der Waals surface area contributed by atoms with Crippen LogP contribution < -0.4 is 0 Å². The van der Waals surface area contributed by atoms with Crippen LogP contribution in [-0.2, 0) is 23.9 Å². The van der Waals surface area contributed by atoms with Gasteiger partial charge in [-0.3, -0.25) is 14.4 Å². The zero-order valence-electron chi connectivity index (χ0n) is 24.4. The highest BCUT2D eigenvalue weighted by Gasteiger charge is 2.81. The van der Waals surface area contributed by atoms with E-state index >= 15 is 0 Å². The molecule has 3 fully saturated rings. The molecule has 3 heterocycles. The Morgan fingerprint density at radius 3 is 2.45 bits per heavy atom. The third-order valence-corrected chi connectivity index (χ3v) is 8.99. The molecule has 3 rings (SSSR count). The number of nitrogens with zero attached hydrogens (tertiary/aromatic N) is 2. The molecule has 0 aromatic rings. The summed E-state index contributed by atoms with van der Waals surface area (Å²) in [6, 6.07) is -1.56. The van der Waals surface area contributed by atoms with E-state index in [-0.39, 0.29) is 36.9 Å². The third kappa shape index (κ3) is 4.83. The first-order valence-electron chi connectivity index (χ1n) is 14.1. The van der Waals surface area contributed by atoms with Crippen LogP contribution in [0.2, 0.25) is 0 Å². The number of carbonyl (C=O) groups excluding carboxylic acids is 3. The van der Waals surface area contributed by atoms with E-state index in [0.717, 1.165) is 12.8 Å². The normalized spacial score (nSPS) is 32.9. The van der Waals surface area contributed by atoms with Crippen molar-refractivity contribution in [2.24, 2.45) is 23.7 Å². The number of aliphatic hydroxyl groups excluding tert-OH is 1. The largest absolute Gasteiger partial charge is 0.465 e. The molecule has 2 amide bonds. The minimum Gasteiger partial charge on any atom is -0.465 e. The molecule has 0 aromatic heterocycles. The first-order chi connectivity index (χ1) is 17.7. The van der Waals surface area contributed by atoms with E-state index in [0.29, 0.717) is 19.4 Å². The third-order valence-electron chi connectivity index (χ3n) is 8.99. The molecule has 8 nitrogen and oxygen atoms in total. The fraction of sp³-hybridized carbons (Fsp3) is 0.767. The highest BCUT2D eigenvalue weighted by molar-refractivity contribution is 5.99. The lowest BCUT2D eigenvalue weighted by atomic mass is 9.62. The molecule has 2 bridgehead atoms. The quantitative estimate of drug-likeness (QED) is 0.234. The van der Waals surface area contributed by atoms with Gasteiger partial charge in [0.2, 0.25) is 11.8 Å². The van der Waals surface area contributed by atoms with Crippen molar-refractivity contribution in [3.05, 3.63) is 25.3 Å². The van der Waals surface area contributed by atoms with E-state index in [1.165, 1.54) is 0 Å². The van der Waals surface area contributed by atoms with Crippen LogP contribution in [0.15, 0.2) is 25.3 Å². The second-order valence-electron chi connectivity index (χ2n) is 12.8. The molecule has 8 heteroatoms. The summed E-state index contributed by atoms with van der Waals surface area (Å²) in [6.45, 7) is 21.4. The van der Waals surface area contributed by atoms with Gasteiger partial charge >= 0.3 is 5.97 Å². The molecule has 38 heavy (non-hydrogen) atoms. The zero-order chi connectivity index (χ0) is 28.6. The van der Waals surface area contributed by atoms with Crippen LogP contribution >= 0.6 is 0 Å². The highest BCUT2D eigenvalue weighted by atomic mass is 16.6. The predicted molar refractivity (Wildman–Crippen MR) is 146 cm³/mol. The number of amides is 2. The predicted octanol–water partition coefficient (Wildman–Crippen LogP) is 3.73. The van der Waals surface area contributed by atoms with Crippen molar-refractivity contribution in [1.82, 2.24) is 9.80 Å². The number of ether oxygens (including phenoxy) is 2. The van der Waals surface area contributed by atoms with Crippen LogP contribution in [0.1, 0.15) is 74.1 Å². The number of rotatable bonds is 12. The van der Waals surface area contributed by atoms with Crippen molar-refractivity contribution in [2.45, 2.75) is 103 Å². The summed E-state index contributed by atoms with van der Waals surface area (Å²) in [4.78, 5) is 45.7. The second-order valence-corrected chi connectivity index (χ2v) is 12.8. The Morgan fingerprint density at radius 1 is 1.26 bits per heavy atom. The van der Waals surface area contributed by atoms with Crippen molar-refractivity contribution in [3.8, 4) is 0 Å². The minimum atomic E-state index is -1.18. The number of esters is 1. The number of fused-ring (bicyclic) bond motifs is 1. The molecule has 1 spiro atoms. The molecular weight excluding hydrogens is 484 g/mol. The standard InChI is InChI=1S/C30H48N2O6/c1-10-12-13-14-16-37-27(36)23-22-25(34)32(21(18-33)19(3)4)24(26(35)31(15-11-2)28(6,7)8)30(22)17-20(5)29(23,9)38-30/h10-11,19-24,33H,1-2,12-18H2,3-9H3/t20?,21-,22-,23-,24?,29+,30?/m0/s1. The minimum absolute atomic E-state index is 0.0748. The number of unbranched alkanes of at least 4 members (excludes halogenated alkanes) is 2. The van der Waals surface area contributed by atoms with Gasteiger partial charge in [0.1, 0.15) is 17.6 Å². The van der Waals surface area contributed by atoms with E-state index in [1.807, 2.05) is 54.5 Å². The fourth-order valence-electron chi connectivity index (χ4n) is 6.92. The van der Waals surface area contributed by atoms with Crippen molar-refractivity contribution in [3.63, 3.8) is 0 Å². The average molecular weight is 533 g/mol. The first kappa shape index (κ1) is 30.4. The molecule has 214 valence electrons. The lowest BCUT2D eigenvalue weighted by Crippen LogP contribution is -2.62. The highest BCUT2D eigenvalue weighted by Crippen LogP contribution is 2.66. The van der Waals surface area contributed by atoms with Crippen LogP contribution in [0.3, 0.4) is 0 Å². The number of aliphatic hydroxyl groups is 1. The maximum atomic E-state index is 14.5. The summed E-state index contributed by atoms with van der Waals surface area (Å²) < 4.78 is 12.5. The monoisotopic (exact) mass is 532 g/mol. The topological polar surface area (TPSA) is 96.4 Å². The van der Waals surface area contributed by atoms with Gasteiger partial charge < -0.3 is 24.4 Å². The molecular formula is C30H48N2O6. The maximum Gasteiger partial charge on any atom is 0.312 e. The summed E-state index contributed by atoms with van der Waals surface area (Å²) in [5.74, 6) is -2.87. The lowest BCUT2D eigenvalue weighted by molar-refractivity contribution is -0.165. The number of hydrogen-bond acceptors (Lipinski definition) is 6. The Hall–Kier alpha value is -2.19. The van der Waals surface area contributed by atoms with Crippen molar-refractivity contribution in [2.75, 3.05) is 19.8 Å². The number of likely N-dealkylation sites (tertiary alicyclic amines) is 1. The summed E-state index contributed by atoms with van der Waals surface area (Å²) in [5, 5.41) is 10.4. The summed E-state index contributed by atoms with van der Waals surface area (Å²) >= 11 is 0. The Kier molecular flexibility index (Phi) is 8.89. The number of carbonyl (C=O) groups is 3. The lowest BCUT2D eigenvalue weighted by Gasteiger charge is -2.44. The number of allylic oxidation sites excluding steroid dienone is 1. The molecule has 0 saturated carbocycles. The molecule has 3 aliphatic heterocycles. The van der Waals surface area contributed by atoms with Gasteiger partial charge in [-0.15, -0.1) is 13.2 Å². The van der Waals surface area contributed by atoms with Crippen molar-refractivity contribution in [1.29, 1.82) is 0 Å². The van der Waals surface area contributed by atoms with Gasteiger partial charge in [0.15, 0.2) is 0 Å². The zero-order valence-corrected chi connectivity index (χ0v) is 24.4. The Bertz CT molecular complexity index is 942. The van der Waals surface area contributed by atoms with Gasteiger partial charge in [0, 0.05) is 12.1 Å². The van der Waals surface area contributed by atoms with Crippen molar-refractivity contribution < 1.29 is 29.0 Å². The first-order valence-corrected chi connectivity index (χ1v) is 14.1. The Labute approximate surface area is 228 Å². The maximum absolute atomic E-state index is 14.5. The smallest absolute Gasteiger partial charge is 0.312 e. The fourth-order valence-corrected chi connectivity index (χ4v) is 6.92. The van der Waals surface area contributed by atoms with Crippen LogP contribution in [-0.4, -0.2) is 81.3 Å². The van der Waals surface area contributed by atoms with Crippen LogP contribution in [0, 0.1) is 23.7 Å². The van der Waals surface area contributed by atoms with Gasteiger partial charge in [-0.1, -0.05) is 32.9 Å². The molecule has 0 radical (unpaired) electrons. The molecule has 3 aliphatic rings. The average Bonchev–Trinajstić information content (AvgIpc) is 3.33. The molecule has 7 atom stereocenters. The van der Waals surface area contributed by atoms with E-state index < -0.39 is 46.6 Å². The van der Waals surface area contributed by atoms with Gasteiger partial charge in [-0.2, -0.15) is 0 Å². The Balaban J connectivity index is 2.10. The van der Waals surface area contributed by atoms with Crippen LogP contribution in [0.5, 0.6) is 0 Å². The van der Waals surface area contributed by atoms with Gasteiger partial charge in [0.05, 0.1) is 30.8 Å². The van der Waals surface area contributed by atoms with Crippen LogP contribution in [0.4, 0.5) is 0 Å². The molecule has 3 unspecified atom stereocenters. The molecule has 0 aromatic carbocycles. The molecule has 3 saturated heterocycles. The van der Waals surface area contributed by atoms with E-state index in [4.69, 9.17) is 9.47 Å².